The number of nitrogens with one attached hydrogen (secondary N) is 3. The number of benzene rings is 2. The zero-order valence-electron chi connectivity index (χ0n) is 17.7. The third kappa shape index (κ3) is 6.65. The molecule has 0 spiro atoms. The van der Waals surface area contributed by atoms with Crippen molar-refractivity contribution in [3.05, 3.63) is 89.8 Å². The molecule has 0 atom stereocenters. The molecule has 4 rings (SSSR count). The fourth-order valence-electron chi connectivity index (χ4n) is 2.93. The van der Waals surface area contributed by atoms with Crippen molar-refractivity contribution < 1.29 is 9.53 Å². The minimum atomic E-state index is -0.262. The van der Waals surface area contributed by atoms with Gasteiger partial charge in [0.25, 0.3) is 5.91 Å². The van der Waals surface area contributed by atoms with Gasteiger partial charge in [-0.1, -0.05) is 17.7 Å². The van der Waals surface area contributed by atoms with Gasteiger partial charge >= 0.3 is 0 Å². The van der Waals surface area contributed by atoms with Crippen molar-refractivity contribution in [3.63, 3.8) is 0 Å². The smallest absolute Gasteiger partial charge is 0.262 e. The van der Waals surface area contributed by atoms with Crippen LogP contribution in [-0.4, -0.2) is 27.5 Å². The van der Waals surface area contributed by atoms with Crippen LogP contribution in [-0.2, 0) is 4.79 Å². The van der Waals surface area contributed by atoms with Gasteiger partial charge in [0, 0.05) is 28.7 Å². The Kier molecular flexibility index (Phi) is 6.96. The normalized spacial score (nSPS) is 10.4. The van der Waals surface area contributed by atoms with Gasteiger partial charge in [-0.3, -0.25) is 4.79 Å². The van der Waals surface area contributed by atoms with E-state index in [2.05, 4.69) is 30.9 Å². The third-order valence-corrected chi connectivity index (χ3v) is 4.64. The van der Waals surface area contributed by atoms with Crippen molar-refractivity contribution >= 4 is 46.3 Å². The van der Waals surface area contributed by atoms with E-state index in [1.165, 1.54) is 0 Å². The second-order valence-corrected chi connectivity index (χ2v) is 7.46. The Morgan fingerprint density at radius 1 is 0.879 bits per heavy atom. The summed E-state index contributed by atoms with van der Waals surface area (Å²) < 4.78 is 5.46. The van der Waals surface area contributed by atoms with Gasteiger partial charge in [0.15, 0.2) is 6.61 Å². The van der Waals surface area contributed by atoms with E-state index in [0.717, 1.165) is 5.69 Å². The molecule has 0 saturated carbocycles. The number of rotatable bonds is 8. The van der Waals surface area contributed by atoms with Crippen LogP contribution < -0.4 is 20.7 Å². The number of pyridine rings is 1. The second kappa shape index (κ2) is 10.4. The largest absolute Gasteiger partial charge is 0.484 e. The summed E-state index contributed by atoms with van der Waals surface area (Å²) in [6.07, 6.45) is 1.71. The van der Waals surface area contributed by atoms with Crippen molar-refractivity contribution in [2.24, 2.45) is 0 Å². The Bertz CT molecular complexity index is 1220. The first-order chi connectivity index (χ1) is 16.0. The summed E-state index contributed by atoms with van der Waals surface area (Å²) in [6, 6.07) is 21.5. The molecule has 0 aliphatic carbocycles. The summed E-state index contributed by atoms with van der Waals surface area (Å²) in [4.78, 5) is 25.2. The number of anilines is 5. The standard InChI is InChI=1S/C24H21ClN6O2/c1-16-27-22(14-23(28-16)31-21-4-2-3-13-26-21)29-18-7-9-19(10-8-18)30-24(32)15-33-20-11-5-17(25)6-12-20/h2-14H,15H2,1H3,(H,30,32)(H2,26,27,28,29,31). The van der Waals surface area contributed by atoms with Crippen molar-refractivity contribution in [2.45, 2.75) is 6.92 Å². The highest BCUT2D eigenvalue weighted by molar-refractivity contribution is 6.30. The molecule has 9 heteroatoms. The minimum Gasteiger partial charge on any atom is -0.484 e. The van der Waals surface area contributed by atoms with E-state index in [0.29, 0.717) is 39.7 Å². The number of nitrogens with zero attached hydrogens (tertiary/aromatic N) is 3. The lowest BCUT2D eigenvalue weighted by Crippen LogP contribution is -2.20. The minimum absolute atomic E-state index is 0.103. The quantitative estimate of drug-likeness (QED) is 0.326. The number of aromatic nitrogens is 3. The fourth-order valence-corrected chi connectivity index (χ4v) is 3.05. The van der Waals surface area contributed by atoms with Crippen LogP contribution in [0, 0.1) is 6.92 Å². The van der Waals surface area contributed by atoms with E-state index in [9.17, 15) is 4.79 Å². The molecule has 2 heterocycles. The zero-order chi connectivity index (χ0) is 23.0. The number of hydrogen-bond donors (Lipinski definition) is 3. The van der Waals surface area contributed by atoms with Gasteiger partial charge in [0.05, 0.1) is 0 Å². The molecule has 1 amide bonds. The number of amides is 1. The first-order valence-corrected chi connectivity index (χ1v) is 10.5. The van der Waals surface area contributed by atoms with E-state index < -0.39 is 0 Å². The van der Waals surface area contributed by atoms with Gasteiger partial charge in [-0.05, 0) is 67.6 Å². The van der Waals surface area contributed by atoms with Crippen LogP contribution in [0.5, 0.6) is 5.75 Å². The van der Waals surface area contributed by atoms with Gasteiger partial charge < -0.3 is 20.7 Å². The Balaban J connectivity index is 1.33. The van der Waals surface area contributed by atoms with Crippen molar-refractivity contribution in [1.29, 1.82) is 0 Å². The summed E-state index contributed by atoms with van der Waals surface area (Å²) in [5.74, 6) is 2.89. The molecule has 0 saturated heterocycles. The van der Waals surface area contributed by atoms with Crippen LogP contribution in [0.15, 0.2) is 79.0 Å². The molecule has 0 fully saturated rings. The fraction of sp³-hybridized carbons (Fsp3) is 0.0833. The highest BCUT2D eigenvalue weighted by Gasteiger charge is 2.06. The summed E-state index contributed by atoms with van der Waals surface area (Å²) in [7, 11) is 0. The topological polar surface area (TPSA) is 101 Å². The summed E-state index contributed by atoms with van der Waals surface area (Å²) in [5.41, 5.74) is 1.47. The van der Waals surface area contributed by atoms with Gasteiger partial charge in [0.1, 0.15) is 29.0 Å². The molecular formula is C24H21ClN6O2. The summed E-state index contributed by atoms with van der Waals surface area (Å²) in [5, 5.41) is 9.81. The summed E-state index contributed by atoms with van der Waals surface area (Å²) in [6.45, 7) is 1.72. The number of hydrogen-bond acceptors (Lipinski definition) is 7. The average molecular weight is 461 g/mol. The summed E-state index contributed by atoms with van der Waals surface area (Å²) >= 11 is 5.84. The first kappa shape index (κ1) is 22.0. The molecular weight excluding hydrogens is 440 g/mol. The molecule has 3 N–H and O–H groups in total. The van der Waals surface area contributed by atoms with Crippen molar-refractivity contribution in [3.8, 4) is 5.75 Å². The average Bonchev–Trinajstić information content (AvgIpc) is 2.80. The van der Waals surface area contributed by atoms with Gasteiger partial charge in [-0.25, -0.2) is 15.0 Å². The highest BCUT2D eigenvalue weighted by atomic mass is 35.5. The first-order valence-electron chi connectivity index (χ1n) is 10.1. The number of aryl methyl sites for hydroxylation is 1. The van der Waals surface area contributed by atoms with Crippen LogP contribution >= 0.6 is 11.6 Å². The lowest BCUT2D eigenvalue weighted by Gasteiger charge is -2.11. The molecule has 166 valence electrons. The maximum absolute atomic E-state index is 12.1. The van der Waals surface area contributed by atoms with Gasteiger partial charge in [0.2, 0.25) is 0 Å². The molecule has 0 unspecified atom stereocenters. The lowest BCUT2D eigenvalue weighted by atomic mass is 10.2. The van der Waals surface area contributed by atoms with E-state index in [1.54, 1.807) is 48.7 Å². The molecule has 8 nitrogen and oxygen atoms in total. The molecule has 0 bridgehead atoms. The number of carbonyl (C=O) groups is 1. The molecule has 0 aliphatic heterocycles. The van der Waals surface area contributed by atoms with Crippen LogP contribution in [0.1, 0.15) is 5.82 Å². The van der Waals surface area contributed by atoms with E-state index in [1.807, 2.05) is 37.3 Å². The van der Waals surface area contributed by atoms with Crippen LogP contribution in [0.25, 0.3) is 0 Å². The highest BCUT2D eigenvalue weighted by Crippen LogP contribution is 2.21. The Labute approximate surface area is 196 Å². The van der Waals surface area contributed by atoms with Crippen LogP contribution in [0.2, 0.25) is 5.02 Å². The predicted octanol–water partition coefficient (Wildman–Crippen LogP) is 5.34. The number of carbonyl (C=O) groups excluding carboxylic acids is 1. The SMILES string of the molecule is Cc1nc(Nc2ccc(NC(=O)COc3ccc(Cl)cc3)cc2)cc(Nc2ccccn2)n1. The van der Waals surface area contributed by atoms with Crippen molar-refractivity contribution in [1.82, 2.24) is 15.0 Å². The molecule has 0 aliphatic rings. The zero-order valence-corrected chi connectivity index (χ0v) is 18.5. The maximum Gasteiger partial charge on any atom is 0.262 e. The van der Waals surface area contributed by atoms with E-state index >= 15 is 0 Å². The van der Waals surface area contributed by atoms with E-state index in [4.69, 9.17) is 16.3 Å². The number of halogens is 1. The monoisotopic (exact) mass is 460 g/mol. The van der Waals surface area contributed by atoms with Crippen molar-refractivity contribution in [2.75, 3.05) is 22.6 Å². The Morgan fingerprint density at radius 3 is 2.27 bits per heavy atom. The predicted molar refractivity (Wildman–Crippen MR) is 130 cm³/mol. The molecule has 0 radical (unpaired) electrons. The molecule has 2 aromatic carbocycles. The molecule has 4 aromatic rings. The third-order valence-electron chi connectivity index (χ3n) is 4.38. The second-order valence-electron chi connectivity index (χ2n) is 7.02. The molecule has 33 heavy (non-hydrogen) atoms. The lowest BCUT2D eigenvalue weighted by molar-refractivity contribution is -0.118. The maximum atomic E-state index is 12.1. The van der Waals surface area contributed by atoms with Crippen LogP contribution in [0.4, 0.5) is 28.8 Å². The molecule has 2 aromatic heterocycles. The van der Waals surface area contributed by atoms with Gasteiger partial charge in [-0.15, -0.1) is 0 Å². The Hall–Kier alpha value is -4.17. The number of ether oxygens (including phenoxy) is 1. The van der Waals surface area contributed by atoms with E-state index in [-0.39, 0.29) is 12.5 Å². The van der Waals surface area contributed by atoms with Crippen LogP contribution in [0.3, 0.4) is 0 Å². The van der Waals surface area contributed by atoms with Gasteiger partial charge in [-0.2, -0.15) is 0 Å². The Morgan fingerprint density at radius 2 is 1.58 bits per heavy atom.